The molecule has 1 aliphatic heterocycles. The maximum absolute atomic E-state index is 4.59. The van der Waals surface area contributed by atoms with Crippen molar-refractivity contribution in [3.63, 3.8) is 0 Å². The fraction of sp³-hybridized carbons (Fsp3) is 0.667. The zero-order chi connectivity index (χ0) is 12.0. The molecule has 0 radical (unpaired) electrons. The predicted octanol–water partition coefficient (Wildman–Crippen LogP) is 2.20. The van der Waals surface area contributed by atoms with E-state index in [1.54, 1.807) is 11.3 Å². The van der Waals surface area contributed by atoms with Crippen LogP contribution >= 0.6 is 11.3 Å². The van der Waals surface area contributed by atoms with Gasteiger partial charge in [-0.15, -0.1) is 0 Å². The van der Waals surface area contributed by atoms with Crippen LogP contribution < -0.4 is 5.32 Å². The lowest BCUT2D eigenvalue weighted by atomic mass is 9.97. The Labute approximate surface area is 105 Å². The van der Waals surface area contributed by atoms with Crippen molar-refractivity contribution in [2.75, 3.05) is 6.54 Å². The normalized spacial score (nSPS) is 20.1. The lowest BCUT2D eigenvalue weighted by Gasteiger charge is -2.26. The van der Waals surface area contributed by atoms with Gasteiger partial charge in [0.25, 0.3) is 0 Å². The Balaban J connectivity index is 2.13. The summed E-state index contributed by atoms with van der Waals surface area (Å²) >= 11 is 1.80. The van der Waals surface area contributed by atoms with Gasteiger partial charge >= 0.3 is 0 Å². The van der Waals surface area contributed by atoms with E-state index in [4.69, 9.17) is 0 Å². The molecule has 17 heavy (non-hydrogen) atoms. The van der Waals surface area contributed by atoms with Crippen molar-refractivity contribution in [1.82, 2.24) is 19.9 Å². The number of thiazole rings is 1. The van der Waals surface area contributed by atoms with Gasteiger partial charge in [-0.3, -0.25) is 0 Å². The Kier molecular flexibility index (Phi) is 2.67. The lowest BCUT2D eigenvalue weighted by Crippen LogP contribution is -2.32. The van der Waals surface area contributed by atoms with Crippen molar-refractivity contribution >= 4 is 16.3 Å². The van der Waals surface area contributed by atoms with E-state index in [9.17, 15) is 0 Å². The van der Waals surface area contributed by atoms with Crippen LogP contribution in [0.4, 0.5) is 0 Å². The number of rotatable bonds is 2. The van der Waals surface area contributed by atoms with E-state index in [-0.39, 0.29) is 0 Å². The van der Waals surface area contributed by atoms with Gasteiger partial charge in [-0.2, -0.15) is 5.10 Å². The SMILES string of the molecule is CCc1nc2sc3c(n2n1)CCNC3C(C)C. The zero-order valence-electron chi connectivity index (χ0n) is 10.5. The highest BCUT2D eigenvalue weighted by atomic mass is 32.1. The van der Waals surface area contributed by atoms with Crippen molar-refractivity contribution in [3.8, 4) is 0 Å². The van der Waals surface area contributed by atoms with Crippen LogP contribution in [-0.2, 0) is 12.8 Å². The molecular formula is C12H18N4S. The summed E-state index contributed by atoms with van der Waals surface area (Å²) in [5.41, 5.74) is 1.37. The molecule has 0 aliphatic carbocycles. The molecule has 4 nitrogen and oxygen atoms in total. The highest BCUT2D eigenvalue weighted by Gasteiger charge is 2.27. The average molecular weight is 250 g/mol. The van der Waals surface area contributed by atoms with Crippen LogP contribution in [0.15, 0.2) is 0 Å². The third-order valence-corrected chi connectivity index (χ3v) is 4.51. The summed E-state index contributed by atoms with van der Waals surface area (Å²) in [5, 5.41) is 8.18. The molecule has 5 heteroatoms. The second-order valence-electron chi connectivity index (χ2n) is 4.91. The van der Waals surface area contributed by atoms with Gasteiger partial charge in [0, 0.05) is 30.3 Å². The number of hydrogen-bond donors (Lipinski definition) is 1. The molecule has 1 unspecified atom stereocenters. The lowest BCUT2D eigenvalue weighted by molar-refractivity contribution is 0.397. The average Bonchev–Trinajstić information content (AvgIpc) is 2.84. The van der Waals surface area contributed by atoms with Gasteiger partial charge < -0.3 is 5.32 Å². The molecule has 2 aromatic rings. The molecule has 1 aliphatic rings. The maximum atomic E-state index is 4.59. The minimum atomic E-state index is 0.470. The van der Waals surface area contributed by atoms with E-state index >= 15 is 0 Å². The first kappa shape index (κ1) is 11.2. The largest absolute Gasteiger partial charge is 0.309 e. The fourth-order valence-electron chi connectivity index (χ4n) is 2.44. The Bertz CT molecular complexity index is 540. The Morgan fingerprint density at radius 1 is 1.53 bits per heavy atom. The fourth-order valence-corrected chi connectivity index (χ4v) is 3.81. The van der Waals surface area contributed by atoms with Gasteiger partial charge in [-0.25, -0.2) is 9.50 Å². The van der Waals surface area contributed by atoms with Crippen LogP contribution in [0.2, 0.25) is 0 Å². The topological polar surface area (TPSA) is 42.2 Å². The third-order valence-electron chi connectivity index (χ3n) is 3.35. The third kappa shape index (κ3) is 1.68. The van der Waals surface area contributed by atoms with E-state index in [1.807, 2.05) is 0 Å². The molecule has 0 saturated heterocycles. The van der Waals surface area contributed by atoms with Crippen molar-refractivity contribution < 1.29 is 0 Å². The second-order valence-corrected chi connectivity index (χ2v) is 5.92. The Hall–Kier alpha value is -0.940. The van der Waals surface area contributed by atoms with Gasteiger partial charge in [0.2, 0.25) is 4.96 Å². The van der Waals surface area contributed by atoms with Crippen LogP contribution in [0, 0.1) is 5.92 Å². The molecule has 0 saturated carbocycles. The molecule has 1 N–H and O–H groups in total. The standard InChI is InChI=1S/C12H18N4S/c1-4-9-14-12-16(15-9)8-5-6-13-10(7(2)3)11(8)17-12/h7,10,13H,4-6H2,1-3H3. The van der Waals surface area contributed by atoms with E-state index in [2.05, 4.69) is 40.7 Å². The molecule has 3 heterocycles. The number of fused-ring (bicyclic) bond motifs is 3. The number of nitrogens with zero attached hydrogens (tertiary/aromatic N) is 3. The maximum Gasteiger partial charge on any atom is 0.212 e. The number of nitrogens with one attached hydrogen (secondary N) is 1. The van der Waals surface area contributed by atoms with Crippen LogP contribution in [0.5, 0.6) is 0 Å². The molecule has 0 bridgehead atoms. The molecule has 3 rings (SSSR count). The quantitative estimate of drug-likeness (QED) is 0.888. The van der Waals surface area contributed by atoms with E-state index < -0.39 is 0 Å². The molecule has 0 spiro atoms. The number of aromatic nitrogens is 3. The first-order valence-corrected chi connectivity index (χ1v) is 7.13. The minimum absolute atomic E-state index is 0.470. The summed E-state index contributed by atoms with van der Waals surface area (Å²) in [6.45, 7) is 7.67. The van der Waals surface area contributed by atoms with E-state index in [0.717, 1.165) is 30.2 Å². The smallest absolute Gasteiger partial charge is 0.212 e. The molecule has 0 fully saturated rings. The van der Waals surface area contributed by atoms with Crippen LogP contribution in [0.25, 0.3) is 4.96 Å². The predicted molar refractivity (Wildman–Crippen MR) is 69.5 cm³/mol. The summed E-state index contributed by atoms with van der Waals surface area (Å²) < 4.78 is 2.06. The van der Waals surface area contributed by atoms with Crippen LogP contribution in [0.1, 0.15) is 43.2 Å². The summed E-state index contributed by atoms with van der Waals surface area (Å²) in [5.74, 6) is 1.57. The monoisotopic (exact) mass is 250 g/mol. The van der Waals surface area contributed by atoms with Crippen molar-refractivity contribution in [1.29, 1.82) is 0 Å². The molecule has 1 atom stereocenters. The Morgan fingerprint density at radius 2 is 2.35 bits per heavy atom. The molecular weight excluding hydrogens is 232 g/mol. The summed E-state index contributed by atoms with van der Waals surface area (Å²) in [4.78, 5) is 7.06. The van der Waals surface area contributed by atoms with Gasteiger partial charge in [-0.1, -0.05) is 32.1 Å². The van der Waals surface area contributed by atoms with Gasteiger partial charge in [0.1, 0.15) is 0 Å². The van der Waals surface area contributed by atoms with Gasteiger partial charge in [-0.05, 0) is 5.92 Å². The summed E-state index contributed by atoms with van der Waals surface area (Å²) in [6.07, 6.45) is 1.97. The van der Waals surface area contributed by atoms with Crippen LogP contribution in [-0.4, -0.2) is 21.1 Å². The molecule has 0 amide bonds. The number of aryl methyl sites for hydroxylation is 1. The Morgan fingerprint density at radius 3 is 3.06 bits per heavy atom. The van der Waals surface area contributed by atoms with E-state index in [1.165, 1.54) is 10.6 Å². The highest BCUT2D eigenvalue weighted by molar-refractivity contribution is 7.17. The van der Waals surface area contributed by atoms with Crippen molar-refractivity contribution in [2.45, 2.75) is 39.7 Å². The molecule has 0 aromatic carbocycles. The number of hydrogen-bond acceptors (Lipinski definition) is 4. The van der Waals surface area contributed by atoms with Gasteiger partial charge in [0.05, 0.1) is 5.69 Å². The molecule has 92 valence electrons. The van der Waals surface area contributed by atoms with Gasteiger partial charge in [0.15, 0.2) is 5.82 Å². The van der Waals surface area contributed by atoms with Crippen LogP contribution in [0.3, 0.4) is 0 Å². The second kappa shape index (κ2) is 4.07. The summed E-state index contributed by atoms with van der Waals surface area (Å²) in [6, 6.07) is 0.470. The first-order valence-electron chi connectivity index (χ1n) is 6.31. The zero-order valence-corrected chi connectivity index (χ0v) is 11.3. The van der Waals surface area contributed by atoms with E-state index in [0.29, 0.717) is 12.0 Å². The summed E-state index contributed by atoms with van der Waals surface area (Å²) in [7, 11) is 0. The highest BCUT2D eigenvalue weighted by Crippen LogP contribution is 2.34. The first-order chi connectivity index (χ1) is 8.20. The minimum Gasteiger partial charge on any atom is -0.309 e. The van der Waals surface area contributed by atoms with Crippen molar-refractivity contribution in [3.05, 3.63) is 16.4 Å². The van der Waals surface area contributed by atoms with Crippen molar-refractivity contribution in [2.24, 2.45) is 5.92 Å². The molecule has 2 aromatic heterocycles.